The lowest BCUT2D eigenvalue weighted by atomic mass is 10.1. The molecule has 0 radical (unpaired) electrons. The average Bonchev–Trinajstić information content (AvgIpc) is 3.26. The molecule has 1 aromatic heterocycles. The lowest BCUT2D eigenvalue weighted by molar-refractivity contribution is -0.137. The molecule has 1 saturated heterocycles. The van der Waals surface area contributed by atoms with Crippen molar-refractivity contribution in [3.63, 3.8) is 0 Å². The molecule has 0 atom stereocenters. The van der Waals surface area contributed by atoms with Crippen molar-refractivity contribution in [1.29, 1.82) is 0 Å². The maximum atomic E-state index is 13.0. The maximum absolute atomic E-state index is 13.0. The molecule has 1 aliphatic heterocycles. The SMILES string of the molecule is O=C(CSc1nncs1)Nc1cc(C(F)(F)F)ccc1N1CCCC1. The summed E-state index contributed by atoms with van der Waals surface area (Å²) in [6, 6.07) is 3.49. The number of carbonyl (C=O) groups excluding carboxylic acids is 1. The monoisotopic (exact) mass is 388 g/mol. The summed E-state index contributed by atoms with van der Waals surface area (Å²) in [6.45, 7) is 1.54. The van der Waals surface area contributed by atoms with Crippen LogP contribution in [-0.4, -0.2) is 34.9 Å². The van der Waals surface area contributed by atoms with Crippen LogP contribution < -0.4 is 10.2 Å². The van der Waals surface area contributed by atoms with E-state index in [1.807, 2.05) is 4.90 Å². The summed E-state index contributed by atoms with van der Waals surface area (Å²) in [7, 11) is 0. The molecule has 0 unspecified atom stereocenters. The molecule has 3 rings (SSSR count). The van der Waals surface area contributed by atoms with Crippen LogP contribution in [0.3, 0.4) is 0 Å². The Bertz CT molecular complexity index is 731. The van der Waals surface area contributed by atoms with Crippen molar-refractivity contribution in [1.82, 2.24) is 10.2 Å². The standard InChI is InChI=1S/C15H15F3N4OS2/c16-15(17,18)10-3-4-12(22-5-1-2-6-22)11(7-10)20-13(23)8-24-14-21-19-9-25-14/h3-4,7,9H,1-2,5-6,8H2,(H,20,23). The van der Waals surface area contributed by atoms with E-state index in [4.69, 9.17) is 0 Å². The summed E-state index contributed by atoms with van der Waals surface area (Å²) in [5, 5.41) is 10.1. The Hall–Kier alpha value is -1.81. The van der Waals surface area contributed by atoms with Crippen LogP contribution in [0.4, 0.5) is 24.5 Å². The van der Waals surface area contributed by atoms with Gasteiger partial charge in [-0.05, 0) is 31.0 Å². The number of alkyl halides is 3. The molecule has 0 spiro atoms. The Balaban J connectivity index is 1.77. The summed E-state index contributed by atoms with van der Waals surface area (Å²) in [5.74, 6) is -0.315. The van der Waals surface area contributed by atoms with Crippen LogP contribution in [0.5, 0.6) is 0 Å². The predicted octanol–water partition coefficient (Wildman–Crippen LogP) is 3.89. The fourth-order valence-corrected chi connectivity index (χ4v) is 3.87. The molecule has 0 bridgehead atoms. The number of thioether (sulfide) groups is 1. The normalized spacial score (nSPS) is 14.8. The Morgan fingerprint density at radius 1 is 1.32 bits per heavy atom. The second kappa shape index (κ2) is 7.61. The number of halogens is 3. The fraction of sp³-hybridized carbons (Fsp3) is 0.400. The van der Waals surface area contributed by atoms with Gasteiger partial charge in [-0.2, -0.15) is 13.2 Å². The van der Waals surface area contributed by atoms with Gasteiger partial charge in [-0.3, -0.25) is 4.79 Å². The van der Waals surface area contributed by atoms with Gasteiger partial charge >= 0.3 is 6.18 Å². The first-order valence-electron chi connectivity index (χ1n) is 7.58. The Labute approximate surface area is 150 Å². The van der Waals surface area contributed by atoms with Crippen molar-refractivity contribution in [3.05, 3.63) is 29.3 Å². The van der Waals surface area contributed by atoms with Crippen LogP contribution in [0.15, 0.2) is 28.0 Å². The zero-order valence-corrected chi connectivity index (χ0v) is 14.7. The van der Waals surface area contributed by atoms with E-state index in [1.165, 1.54) is 29.2 Å². The van der Waals surface area contributed by atoms with E-state index in [0.717, 1.165) is 38.1 Å². The Morgan fingerprint density at radius 3 is 2.72 bits per heavy atom. The minimum atomic E-state index is -4.45. The van der Waals surface area contributed by atoms with Gasteiger partial charge in [-0.25, -0.2) is 0 Å². The summed E-state index contributed by atoms with van der Waals surface area (Å²) < 4.78 is 39.6. The number of hydrogen-bond acceptors (Lipinski definition) is 6. The minimum absolute atomic E-state index is 0.0604. The fourth-order valence-electron chi connectivity index (χ4n) is 2.59. The molecule has 1 aromatic carbocycles. The molecule has 10 heteroatoms. The highest BCUT2D eigenvalue weighted by Gasteiger charge is 2.32. The zero-order valence-electron chi connectivity index (χ0n) is 13.0. The van der Waals surface area contributed by atoms with E-state index in [9.17, 15) is 18.0 Å². The number of rotatable bonds is 5. The molecule has 0 saturated carbocycles. The van der Waals surface area contributed by atoms with Crippen molar-refractivity contribution >= 4 is 40.4 Å². The molecule has 1 amide bonds. The van der Waals surface area contributed by atoms with Crippen LogP contribution >= 0.6 is 23.1 Å². The molecule has 25 heavy (non-hydrogen) atoms. The van der Waals surface area contributed by atoms with E-state index < -0.39 is 11.7 Å². The van der Waals surface area contributed by atoms with Gasteiger partial charge in [-0.15, -0.1) is 10.2 Å². The summed E-state index contributed by atoms with van der Waals surface area (Å²) in [4.78, 5) is 14.2. The van der Waals surface area contributed by atoms with Crippen LogP contribution in [-0.2, 0) is 11.0 Å². The predicted molar refractivity (Wildman–Crippen MR) is 92.2 cm³/mol. The first kappa shape index (κ1) is 18.0. The quantitative estimate of drug-likeness (QED) is 0.788. The maximum Gasteiger partial charge on any atom is 0.416 e. The molecule has 5 nitrogen and oxygen atoms in total. The van der Waals surface area contributed by atoms with Gasteiger partial charge in [0.05, 0.1) is 22.7 Å². The zero-order chi connectivity index (χ0) is 17.9. The molecular formula is C15H15F3N4OS2. The highest BCUT2D eigenvalue weighted by atomic mass is 32.2. The topological polar surface area (TPSA) is 58.1 Å². The Kier molecular flexibility index (Phi) is 5.48. The van der Waals surface area contributed by atoms with Gasteiger partial charge in [0.15, 0.2) is 4.34 Å². The van der Waals surface area contributed by atoms with E-state index in [-0.39, 0.29) is 17.3 Å². The molecule has 2 heterocycles. The first-order chi connectivity index (χ1) is 11.9. The van der Waals surface area contributed by atoms with Crippen molar-refractivity contribution in [2.75, 3.05) is 29.1 Å². The van der Waals surface area contributed by atoms with Crippen molar-refractivity contribution in [2.24, 2.45) is 0 Å². The third-order valence-corrected chi connectivity index (χ3v) is 5.57. The van der Waals surface area contributed by atoms with E-state index >= 15 is 0 Å². The van der Waals surface area contributed by atoms with Gasteiger partial charge in [0.2, 0.25) is 5.91 Å². The lowest BCUT2D eigenvalue weighted by Gasteiger charge is -2.22. The van der Waals surface area contributed by atoms with Crippen LogP contribution in [0, 0.1) is 0 Å². The molecule has 134 valence electrons. The van der Waals surface area contributed by atoms with Crippen LogP contribution in [0.2, 0.25) is 0 Å². The lowest BCUT2D eigenvalue weighted by Crippen LogP contribution is -2.22. The molecular weight excluding hydrogens is 373 g/mol. The van der Waals surface area contributed by atoms with Crippen molar-refractivity contribution in [2.45, 2.75) is 23.4 Å². The molecule has 2 aromatic rings. The third kappa shape index (κ3) is 4.63. The van der Waals surface area contributed by atoms with Gasteiger partial charge in [0.25, 0.3) is 0 Å². The van der Waals surface area contributed by atoms with Gasteiger partial charge in [0.1, 0.15) is 5.51 Å². The highest BCUT2D eigenvalue weighted by Crippen LogP contribution is 2.36. The molecule has 1 aliphatic rings. The highest BCUT2D eigenvalue weighted by molar-refractivity contribution is 8.01. The number of anilines is 2. The van der Waals surface area contributed by atoms with E-state index in [0.29, 0.717) is 10.0 Å². The van der Waals surface area contributed by atoms with Crippen LogP contribution in [0.25, 0.3) is 0 Å². The second-order valence-electron chi connectivity index (χ2n) is 5.47. The van der Waals surface area contributed by atoms with E-state index in [1.54, 1.807) is 5.51 Å². The number of nitrogens with one attached hydrogen (secondary N) is 1. The van der Waals surface area contributed by atoms with E-state index in [2.05, 4.69) is 15.5 Å². The first-order valence-corrected chi connectivity index (χ1v) is 9.45. The van der Waals surface area contributed by atoms with Gasteiger partial charge < -0.3 is 10.2 Å². The number of amides is 1. The smallest absolute Gasteiger partial charge is 0.370 e. The number of nitrogens with zero attached hydrogens (tertiary/aromatic N) is 3. The molecule has 0 aliphatic carbocycles. The molecule has 1 fully saturated rings. The number of aromatic nitrogens is 2. The number of benzene rings is 1. The number of carbonyl (C=O) groups is 1. The van der Waals surface area contributed by atoms with Gasteiger partial charge in [0, 0.05) is 13.1 Å². The third-order valence-electron chi connectivity index (χ3n) is 3.71. The second-order valence-corrected chi connectivity index (χ2v) is 7.52. The van der Waals surface area contributed by atoms with Crippen molar-refractivity contribution in [3.8, 4) is 0 Å². The average molecular weight is 388 g/mol. The van der Waals surface area contributed by atoms with Gasteiger partial charge in [-0.1, -0.05) is 23.1 Å². The van der Waals surface area contributed by atoms with Crippen LogP contribution in [0.1, 0.15) is 18.4 Å². The summed E-state index contributed by atoms with van der Waals surface area (Å²) in [6.07, 6.45) is -2.48. The summed E-state index contributed by atoms with van der Waals surface area (Å²) in [5.41, 5.74) is 1.60. The Morgan fingerprint density at radius 2 is 2.08 bits per heavy atom. The minimum Gasteiger partial charge on any atom is -0.370 e. The molecule has 1 N–H and O–H groups in total. The number of hydrogen-bond donors (Lipinski definition) is 1. The largest absolute Gasteiger partial charge is 0.416 e. The summed E-state index contributed by atoms with van der Waals surface area (Å²) >= 11 is 2.50. The van der Waals surface area contributed by atoms with Crippen molar-refractivity contribution < 1.29 is 18.0 Å².